The Bertz CT molecular complexity index is 684. The Balaban J connectivity index is 1.58. The Labute approximate surface area is 145 Å². The summed E-state index contributed by atoms with van der Waals surface area (Å²) in [4.78, 5) is 26.4. The van der Waals surface area contributed by atoms with Crippen molar-refractivity contribution in [1.29, 1.82) is 0 Å². The van der Waals surface area contributed by atoms with E-state index in [0.29, 0.717) is 18.0 Å². The molecule has 0 spiro atoms. The van der Waals surface area contributed by atoms with Gasteiger partial charge in [0.2, 0.25) is 11.8 Å². The van der Waals surface area contributed by atoms with E-state index in [1.807, 2.05) is 13.0 Å². The molecule has 2 amide bonds. The molecule has 2 N–H and O–H groups in total. The first kappa shape index (κ1) is 17.5. The topological polar surface area (TPSA) is 105 Å². The first-order valence-corrected chi connectivity index (χ1v) is 8.45. The van der Waals surface area contributed by atoms with Crippen molar-refractivity contribution in [3.05, 3.63) is 29.4 Å². The zero-order chi connectivity index (χ0) is 18.0. The monoisotopic (exact) mass is 349 g/mol. The van der Waals surface area contributed by atoms with Gasteiger partial charge in [-0.05, 0) is 19.9 Å². The number of amides is 2. The molecule has 0 radical (unpaired) electrons. The second-order valence-electron chi connectivity index (χ2n) is 6.62. The number of nitrogens with one attached hydrogen (secondary N) is 1. The molecule has 136 valence electrons. The van der Waals surface area contributed by atoms with E-state index in [9.17, 15) is 14.7 Å². The molecule has 1 saturated heterocycles. The number of likely N-dealkylation sites (tertiary alicyclic amines) is 1. The standard InChI is InChI=1S/C17H23N3O5/c1-10-5-14(25-19-10)7-16(22)20-9-12(21)6-15(20)17(23)18-8-13-4-3-11(2)24-13/h4-5,11-12,15,21H,3,6-9H2,1-2H3,(H,18,23)/t11?,12-,15+/m1/s1. The number of aliphatic hydroxyl groups is 1. The third kappa shape index (κ3) is 4.19. The number of rotatable bonds is 5. The van der Waals surface area contributed by atoms with E-state index in [1.54, 1.807) is 13.0 Å². The maximum absolute atomic E-state index is 12.5. The highest BCUT2D eigenvalue weighted by molar-refractivity contribution is 5.89. The normalized spacial score (nSPS) is 25.6. The third-order valence-corrected chi connectivity index (χ3v) is 4.37. The lowest BCUT2D eigenvalue weighted by atomic mass is 10.1. The van der Waals surface area contributed by atoms with Gasteiger partial charge in [0.05, 0.1) is 30.9 Å². The fourth-order valence-corrected chi connectivity index (χ4v) is 3.15. The highest BCUT2D eigenvalue weighted by atomic mass is 16.5. The molecule has 25 heavy (non-hydrogen) atoms. The lowest BCUT2D eigenvalue weighted by Gasteiger charge is -2.23. The highest BCUT2D eigenvalue weighted by Crippen LogP contribution is 2.21. The van der Waals surface area contributed by atoms with E-state index in [2.05, 4.69) is 10.5 Å². The summed E-state index contributed by atoms with van der Waals surface area (Å²) in [5.74, 6) is 0.622. The zero-order valence-corrected chi connectivity index (χ0v) is 14.4. The van der Waals surface area contributed by atoms with Crippen LogP contribution in [0.3, 0.4) is 0 Å². The van der Waals surface area contributed by atoms with Crippen molar-refractivity contribution in [2.75, 3.05) is 13.1 Å². The van der Waals surface area contributed by atoms with Gasteiger partial charge in [-0.2, -0.15) is 0 Å². The molecule has 8 nitrogen and oxygen atoms in total. The maximum atomic E-state index is 12.5. The van der Waals surface area contributed by atoms with Crippen LogP contribution in [0.25, 0.3) is 0 Å². The molecule has 1 fully saturated rings. The van der Waals surface area contributed by atoms with Gasteiger partial charge in [0.25, 0.3) is 0 Å². The van der Waals surface area contributed by atoms with Crippen molar-refractivity contribution in [2.24, 2.45) is 0 Å². The molecule has 1 aromatic heterocycles. The molecule has 1 aromatic rings. The van der Waals surface area contributed by atoms with Crippen LogP contribution in [0.4, 0.5) is 0 Å². The van der Waals surface area contributed by atoms with Gasteiger partial charge in [0.1, 0.15) is 17.6 Å². The number of hydrogen-bond acceptors (Lipinski definition) is 6. The van der Waals surface area contributed by atoms with Crippen LogP contribution in [-0.2, 0) is 20.7 Å². The van der Waals surface area contributed by atoms with Crippen molar-refractivity contribution in [1.82, 2.24) is 15.4 Å². The summed E-state index contributed by atoms with van der Waals surface area (Å²) in [6.07, 6.45) is 2.44. The summed E-state index contributed by atoms with van der Waals surface area (Å²) in [7, 11) is 0. The van der Waals surface area contributed by atoms with E-state index in [0.717, 1.165) is 12.2 Å². The molecule has 3 rings (SSSR count). The first-order chi connectivity index (χ1) is 11.9. The van der Waals surface area contributed by atoms with Gasteiger partial charge < -0.3 is 24.6 Å². The Morgan fingerprint density at radius 1 is 1.48 bits per heavy atom. The number of carbonyl (C=O) groups is 2. The van der Waals surface area contributed by atoms with Crippen LogP contribution in [0.15, 0.2) is 22.4 Å². The zero-order valence-electron chi connectivity index (χ0n) is 14.4. The fourth-order valence-electron chi connectivity index (χ4n) is 3.15. The molecule has 3 heterocycles. The Hall–Kier alpha value is -2.35. The Morgan fingerprint density at radius 2 is 2.28 bits per heavy atom. The molecule has 0 saturated carbocycles. The molecule has 8 heteroatoms. The van der Waals surface area contributed by atoms with Gasteiger partial charge in [-0.25, -0.2) is 0 Å². The summed E-state index contributed by atoms with van der Waals surface area (Å²) >= 11 is 0. The van der Waals surface area contributed by atoms with E-state index in [1.165, 1.54) is 4.90 Å². The van der Waals surface area contributed by atoms with Gasteiger partial charge in [-0.1, -0.05) is 5.16 Å². The number of aromatic nitrogens is 1. The van der Waals surface area contributed by atoms with Gasteiger partial charge in [-0.3, -0.25) is 9.59 Å². The summed E-state index contributed by atoms with van der Waals surface area (Å²) in [5.41, 5.74) is 0.692. The van der Waals surface area contributed by atoms with Crippen LogP contribution in [-0.4, -0.2) is 58.3 Å². The van der Waals surface area contributed by atoms with E-state index >= 15 is 0 Å². The SMILES string of the molecule is Cc1cc(CC(=O)N2C[C@H](O)C[C@H]2C(=O)NCC2=CCC(C)O2)on1. The van der Waals surface area contributed by atoms with Crippen LogP contribution in [0.1, 0.15) is 31.2 Å². The second kappa shape index (κ2) is 7.26. The van der Waals surface area contributed by atoms with Crippen LogP contribution in [0, 0.1) is 6.92 Å². The van der Waals surface area contributed by atoms with Crippen molar-refractivity contribution in [3.8, 4) is 0 Å². The molecule has 3 atom stereocenters. The quantitative estimate of drug-likeness (QED) is 0.792. The lowest BCUT2D eigenvalue weighted by molar-refractivity contribution is -0.138. The summed E-state index contributed by atoms with van der Waals surface area (Å²) in [6, 6.07) is 0.996. The minimum atomic E-state index is -0.710. The fraction of sp³-hybridized carbons (Fsp3) is 0.588. The van der Waals surface area contributed by atoms with Crippen molar-refractivity contribution in [2.45, 2.75) is 51.4 Å². The van der Waals surface area contributed by atoms with Crippen LogP contribution < -0.4 is 5.32 Å². The van der Waals surface area contributed by atoms with Gasteiger partial charge in [0.15, 0.2) is 0 Å². The van der Waals surface area contributed by atoms with E-state index in [-0.39, 0.29) is 37.3 Å². The number of nitrogens with zero attached hydrogens (tertiary/aromatic N) is 2. The maximum Gasteiger partial charge on any atom is 0.243 e. The van der Waals surface area contributed by atoms with E-state index in [4.69, 9.17) is 9.26 Å². The number of carbonyl (C=O) groups excluding carboxylic acids is 2. The molecular weight excluding hydrogens is 326 g/mol. The number of aryl methyl sites for hydroxylation is 1. The molecule has 0 bridgehead atoms. The predicted octanol–water partition coefficient (Wildman–Crippen LogP) is 0.296. The Morgan fingerprint density at radius 3 is 2.92 bits per heavy atom. The smallest absolute Gasteiger partial charge is 0.243 e. The van der Waals surface area contributed by atoms with Gasteiger partial charge >= 0.3 is 0 Å². The molecule has 2 aliphatic rings. The molecule has 0 aliphatic carbocycles. The van der Waals surface area contributed by atoms with Gasteiger partial charge in [0, 0.05) is 25.5 Å². The van der Waals surface area contributed by atoms with Crippen molar-refractivity contribution < 1.29 is 24.0 Å². The van der Waals surface area contributed by atoms with Crippen LogP contribution in [0.2, 0.25) is 0 Å². The van der Waals surface area contributed by atoms with Crippen LogP contribution >= 0.6 is 0 Å². The average Bonchev–Trinajstić information content (AvgIpc) is 3.26. The van der Waals surface area contributed by atoms with E-state index < -0.39 is 12.1 Å². The molecule has 2 aliphatic heterocycles. The van der Waals surface area contributed by atoms with Gasteiger partial charge in [-0.15, -0.1) is 0 Å². The van der Waals surface area contributed by atoms with Crippen molar-refractivity contribution in [3.63, 3.8) is 0 Å². The summed E-state index contributed by atoms with van der Waals surface area (Å²) in [5, 5.41) is 16.4. The predicted molar refractivity (Wildman–Crippen MR) is 87.3 cm³/mol. The lowest BCUT2D eigenvalue weighted by Crippen LogP contribution is -2.46. The third-order valence-electron chi connectivity index (χ3n) is 4.37. The average molecular weight is 349 g/mol. The Kier molecular flexibility index (Phi) is 5.08. The first-order valence-electron chi connectivity index (χ1n) is 8.45. The summed E-state index contributed by atoms with van der Waals surface area (Å²) in [6.45, 7) is 4.16. The number of ether oxygens (including phenoxy) is 1. The highest BCUT2D eigenvalue weighted by Gasteiger charge is 2.39. The van der Waals surface area contributed by atoms with Crippen LogP contribution in [0.5, 0.6) is 0 Å². The number of β-amino-alcohol motifs (C(OH)–C–C–N with tert-alkyl or cyclic N) is 1. The molecular formula is C17H23N3O5. The summed E-state index contributed by atoms with van der Waals surface area (Å²) < 4.78 is 10.6. The largest absolute Gasteiger partial charge is 0.493 e. The minimum Gasteiger partial charge on any atom is -0.493 e. The number of hydrogen-bond donors (Lipinski definition) is 2. The molecule has 0 aromatic carbocycles. The minimum absolute atomic E-state index is 0.0170. The second-order valence-corrected chi connectivity index (χ2v) is 6.62. The molecule has 1 unspecified atom stereocenters. The number of aliphatic hydroxyl groups excluding tert-OH is 1. The van der Waals surface area contributed by atoms with Crippen molar-refractivity contribution >= 4 is 11.8 Å².